The third-order valence-electron chi connectivity index (χ3n) is 3.16. The second-order valence-electron chi connectivity index (χ2n) is 5.42. The number of carboxylic acid groups (broad SMARTS) is 1. The van der Waals surface area contributed by atoms with Gasteiger partial charge in [0, 0.05) is 5.41 Å². The van der Waals surface area contributed by atoms with Gasteiger partial charge in [0.1, 0.15) is 0 Å². The molecule has 20 heavy (non-hydrogen) atoms. The summed E-state index contributed by atoms with van der Waals surface area (Å²) < 4.78 is 1.58. The number of aliphatic carboxylic acids is 1. The first-order valence-electron chi connectivity index (χ1n) is 6.51. The minimum Gasteiger partial charge on any atom is -0.481 e. The molecular formula is C14H18N4O2. The summed E-state index contributed by atoms with van der Waals surface area (Å²) in [5.41, 5.74) is 0.939. The molecule has 0 aliphatic rings. The zero-order chi connectivity index (χ0) is 14.6. The molecule has 0 saturated heterocycles. The van der Waals surface area contributed by atoms with Crippen molar-refractivity contribution in [3.63, 3.8) is 0 Å². The Bertz CT molecular complexity index is 578. The lowest BCUT2D eigenvalue weighted by Gasteiger charge is -2.23. The van der Waals surface area contributed by atoms with Crippen molar-refractivity contribution in [3.8, 4) is 0 Å². The molecule has 0 aliphatic carbocycles. The number of hydrogen-bond donors (Lipinski definition) is 1. The number of rotatable bonds is 6. The molecule has 106 valence electrons. The fourth-order valence-corrected chi connectivity index (χ4v) is 2.23. The maximum absolute atomic E-state index is 10.7. The van der Waals surface area contributed by atoms with Gasteiger partial charge in [-0.2, -0.15) is 0 Å². The highest BCUT2D eigenvalue weighted by Crippen LogP contribution is 2.25. The zero-order valence-electron chi connectivity index (χ0n) is 11.7. The van der Waals surface area contributed by atoms with Crippen LogP contribution in [-0.4, -0.2) is 31.3 Å². The average Bonchev–Trinajstić information content (AvgIpc) is 2.86. The first-order valence-corrected chi connectivity index (χ1v) is 6.51. The van der Waals surface area contributed by atoms with Crippen LogP contribution in [0.15, 0.2) is 30.3 Å². The van der Waals surface area contributed by atoms with Gasteiger partial charge in [0.15, 0.2) is 5.82 Å². The van der Waals surface area contributed by atoms with Crippen molar-refractivity contribution in [2.24, 2.45) is 0 Å². The Morgan fingerprint density at radius 3 is 2.65 bits per heavy atom. The number of aromatic nitrogens is 4. The lowest BCUT2D eigenvalue weighted by Crippen LogP contribution is -2.26. The summed E-state index contributed by atoms with van der Waals surface area (Å²) in [5, 5.41) is 20.4. The predicted molar refractivity (Wildman–Crippen MR) is 73.2 cm³/mol. The van der Waals surface area contributed by atoms with Crippen LogP contribution in [0.4, 0.5) is 0 Å². The lowest BCUT2D eigenvalue weighted by molar-refractivity contribution is -0.137. The second kappa shape index (κ2) is 5.81. The lowest BCUT2D eigenvalue weighted by atomic mass is 9.85. The van der Waals surface area contributed by atoms with Crippen molar-refractivity contribution in [1.82, 2.24) is 20.2 Å². The minimum atomic E-state index is -0.854. The Balaban J connectivity index is 2.17. The molecule has 0 fully saturated rings. The molecule has 6 heteroatoms. The SMILES string of the molecule is CC(C)(Cc1ccccc1)c1nnnn1CCC(=O)O. The molecule has 1 aromatic carbocycles. The smallest absolute Gasteiger partial charge is 0.305 e. The van der Waals surface area contributed by atoms with Gasteiger partial charge in [-0.15, -0.1) is 5.10 Å². The summed E-state index contributed by atoms with van der Waals surface area (Å²) in [6.07, 6.45) is 0.806. The molecule has 6 nitrogen and oxygen atoms in total. The van der Waals surface area contributed by atoms with E-state index in [4.69, 9.17) is 5.11 Å². The molecule has 0 unspecified atom stereocenters. The summed E-state index contributed by atoms with van der Waals surface area (Å²) in [6.45, 7) is 4.40. The van der Waals surface area contributed by atoms with Crippen molar-refractivity contribution in [3.05, 3.63) is 41.7 Å². The van der Waals surface area contributed by atoms with Crippen LogP contribution >= 0.6 is 0 Å². The van der Waals surface area contributed by atoms with Crippen LogP contribution in [0, 0.1) is 0 Å². The highest BCUT2D eigenvalue weighted by molar-refractivity contribution is 5.66. The molecular weight excluding hydrogens is 256 g/mol. The van der Waals surface area contributed by atoms with E-state index in [1.54, 1.807) is 4.68 Å². The molecule has 0 radical (unpaired) electrons. The van der Waals surface area contributed by atoms with Crippen LogP contribution < -0.4 is 0 Å². The van der Waals surface area contributed by atoms with Gasteiger partial charge in [-0.25, -0.2) is 4.68 Å². The summed E-state index contributed by atoms with van der Waals surface area (Å²) in [6, 6.07) is 10.1. The number of carbonyl (C=O) groups is 1. The van der Waals surface area contributed by atoms with E-state index in [1.807, 2.05) is 18.2 Å². The highest BCUT2D eigenvalue weighted by Gasteiger charge is 2.28. The summed E-state index contributed by atoms with van der Waals surface area (Å²) in [7, 11) is 0. The molecule has 1 heterocycles. The van der Waals surface area contributed by atoms with Gasteiger partial charge in [0.05, 0.1) is 13.0 Å². The quantitative estimate of drug-likeness (QED) is 0.866. The monoisotopic (exact) mass is 274 g/mol. The average molecular weight is 274 g/mol. The Labute approximate surface area is 117 Å². The third-order valence-corrected chi connectivity index (χ3v) is 3.16. The van der Waals surface area contributed by atoms with Crippen LogP contribution in [0.25, 0.3) is 0 Å². The van der Waals surface area contributed by atoms with E-state index in [1.165, 1.54) is 5.56 Å². The first-order chi connectivity index (χ1) is 9.49. The summed E-state index contributed by atoms with van der Waals surface area (Å²) in [5.74, 6) is -0.144. The largest absolute Gasteiger partial charge is 0.481 e. The maximum Gasteiger partial charge on any atom is 0.305 e. The van der Waals surface area contributed by atoms with Gasteiger partial charge in [0.2, 0.25) is 0 Å². The molecule has 1 aromatic heterocycles. The first kappa shape index (κ1) is 14.2. The van der Waals surface area contributed by atoms with Crippen LogP contribution in [-0.2, 0) is 23.2 Å². The van der Waals surface area contributed by atoms with Crippen molar-refractivity contribution >= 4 is 5.97 Å². The molecule has 0 saturated carbocycles. The maximum atomic E-state index is 10.7. The van der Waals surface area contributed by atoms with E-state index in [9.17, 15) is 4.79 Å². The Morgan fingerprint density at radius 1 is 1.30 bits per heavy atom. The van der Waals surface area contributed by atoms with Crippen LogP contribution in [0.2, 0.25) is 0 Å². The fourth-order valence-electron chi connectivity index (χ4n) is 2.23. The molecule has 0 atom stereocenters. The van der Waals surface area contributed by atoms with E-state index in [-0.39, 0.29) is 18.4 Å². The number of tetrazole rings is 1. The summed E-state index contributed by atoms with van der Waals surface area (Å²) >= 11 is 0. The molecule has 1 N–H and O–H groups in total. The molecule has 0 aliphatic heterocycles. The number of nitrogens with zero attached hydrogens (tertiary/aromatic N) is 4. The zero-order valence-corrected chi connectivity index (χ0v) is 11.7. The van der Waals surface area contributed by atoms with Gasteiger partial charge in [-0.05, 0) is 22.4 Å². The predicted octanol–water partition coefficient (Wildman–Crippen LogP) is 1.67. The van der Waals surface area contributed by atoms with E-state index in [0.717, 1.165) is 6.42 Å². The van der Waals surface area contributed by atoms with E-state index in [0.29, 0.717) is 5.82 Å². The highest BCUT2D eigenvalue weighted by atomic mass is 16.4. The topological polar surface area (TPSA) is 80.9 Å². The van der Waals surface area contributed by atoms with Crippen LogP contribution in [0.3, 0.4) is 0 Å². The Kier molecular flexibility index (Phi) is 4.12. The minimum absolute atomic E-state index is 0.0134. The van der Waals surface area contributed by atoms with Crippen molar-refractivity contribution in [2.75, 3.05) is 0 Å². The standard InChI is InChI=1S/C14H18N4O2/c1-14(2,10-11-6-4-3-5-7-11)13-15-16-17-18(13)9-8-12(19)20/h3-7H,8-10H2,1-2H3,(H,19,20). The molecule has 0 amide bonds. The van der Waals surface area contributed by atoms with Gasteiger partial charge >= 0.3 is 5.97 Å². The molecule has 0 spiro atoms. The number of carboxylic acids is 1. The van der Waals surface area contributed by atoms with Crippen molar-refractivity contribution in [2.45, 2.75) is 38.6 Å². The Morgan fingerprint density at radius 2 is 2.00 bits per heavy atom. The normalized spacial score (nSPS) is 11.5. The molecule has 0 bridgehead atoms. The number of aryl methyl sites for hydroxylation is 1. The van der Waals surface area contributed by atoms with E-state index < -0.39 is 5.97 Å². The van der Waals surface area contributed by atoms with E-state index >= 15 is 0 Å². The fraction of sp³-hybridized carbons (Fsp3) is 0.429. The van der Waals surface area contributed by atoms with E-state index in [2.05, 4.69) is 41.5 Å². The van der Waals surface area contributed by atoms with Gasteiger partial charge in [0.25, 0.3) is 0 Å². The van der Waals surface area contributed by atoms with Gasteiger partial charge in [-0.3, -0.25) is 4.79 Å². The van der Waals surface area contributed by atoms with Gasteiger partial charge < -0.3 is 5.11 Å². The second-order valence-corrected chi connectivity index (χ2v) is 5.42. The van der Waals surface area contributed by atoms with Crippen molar-refractivity contribution in [1.29, 1.82) is 0 Å². The van der Waals surface area contributed by atoms with Crippen molar-refractivity contribution < 1.29 is 9.90 Å². The molecule has 2 rings (SSSR count). The van der Waals surface area contributed by atoms with Crippen LogP contribution in [0.1, 0.15) is 31.7 Å². The third kappa shape index (κ3) is 3.40. The number of hydrogen-bond acceptors (Lipinski definition) is 4. The van der Waals surface area contributed by atoms with Crippen LogP contribution in [0.5, 0.6) is 0 Å². The summed E-state index contributed by atoms with van der Waals surface area (Å²) in [4.78, 5) is 10.7. The number of benzene rings is 1. The molecule has 2 aromatic rings. The Hall–Kier alpha value is -2.24. The van der Waals surface area contributed by atoms with Gasteiger partial charge in [-0.1, -0.05) is 44.2 Å².